The van der Waals surface area contributed by atoms with Crippen LogP contribution in [0.4, 0.5) is 0 Å². The Balaban J connectivity index is 2.00. The molecule has 0 saturated carbocycles. The van der Waals surface area contributed by atoms with Crippen molar-refractivity contribution >= 4 is 16.9 Å². The van der Waals surface area contributed by atoms with Crippen molar-refractivity contribution in [2.75, 3.05) is 6.54 Å². The number of aromatic nitrogens is 1. The maximum Gasteiger partial charge on any atom is 0.321 e. The molecule has 0 radical (unpaired) electrons. The summed E-state index contributed by atoms with van der Waals surface area (Å²) in [5.41, 5.74) is 4.94. The summed E-state index contributed by atoms with van der Waals surface area (Å²) >= 11 is 0. The molecular weight excluding hydrogens is 266 g/mol. The van der Waals surface area contributed by atoms with E-state index in [2.05, 4.69) is 33.5 Å². The quantitative estimate of drug-likeness (QED) is 0.777. The van der Waals surface area contributed by atoms with Gasteiger partial charge in [0.25, 0.3) is 0 Å². The largest absolute Gasteiger partial charge is 0.480 e. The van der Waals surface area contributed by atoms with Crippen molar-refractivity contribution in [2.24, 2.45) is 7.05 Å². The van der Waals surface area contributed by atoms with Gasteiger partial charge in [0, 0.05) is 43.7 Å². The molecule has 1 aliphatic rings. The highest BCUT2D eigenvalue weighted by Gasteiger charge is 2.20. The van der Waals surface area contributed by atoms with Crippen LogP contribution in [0.25, 0.3) is 10.9 Å². The molecule has 2 aromatic rings. The molecule has 0 amide bonds. The lowest BCUT2D eigenvalue weighted by Gasteiger charge is -2.12. The maximum atomic E-state index is 11.3. The van der Waals surface area contributed by atoms with E-state index in [0.29, 0.717) is 13.0 Å². The molecule has 5 nitrogen and oxygen atoms in total. The molecule has 0 aliphatic carbocycles. The van der Waals surface area contributed by atoms with Crippen molar-refractivity contribution in [3.8, 4) is 0 Å². The molecule has 1 aromatic carbocycles. The van der Waals surface area contributed by atoms with E-state index in [9.17, 15) is 9.90 Å². The first-order chi connectivity index (χ1) is 10.1. The average Bonchev–Trinajstić information content (AvgIpc) is 3.01. The zero-order valence-corrected chi connectivity index (χ0v) is 12.4. The Kier molecular flexibility index (Phi) is 3.69. The van der Waals surface area contributed by atoms with Gasteiger partial charge in [0.2, 0.25) is 0 Å². The van der Waals surface area contributed by atoms with Gasteiger partial charge in [-0.2, -0.15) is 0 Å². The molecule has 5 heteroatoms. The Hall–Kier alpha value is -1.85. The number of aryl methyl sites for hydroxylation is 1. The minimum atomic E-state index is -0.795. The van der Waals surface area contributed by atoms with Crippen LogP contribution in [0, 0.1) is 0 Å². The van der Waals surface area contributed by atoms with Gasteiger partial charge >= 0.3 is 5.97 Å². The highest BCUT2D eigenvalue weighted by atomic mass is 16.4. The van der Waals surface area contributed by atoms with Crippen LogP contribution in [-0.4, -0.2) is 28.2 Å². The predicted molar refractivity (Wildman–Crippen MR) is 82.3 cm³/mol. The molecule has 0 spiro atoms. The third-order valence-electron chi connectivity index (χ3n) is 4.20. The van der Waals surface area contributed by atoms with Crippen molar-refractivity contribution < 1.29 is 9.90 Å². The molecule has 112 valence electrons. The number of benzene rings is 1. The number of fused-ring (bicyclic) bond motifs is 2. The lowest BCUT2D eigenvalue weighted by atomic mass is 10.0. The van der Waals surface area contributed by atoms with Crippen molar-refractivity contribution in [1.82, 2.24) is 15.2 Å². The standard InChI is InChI=1S/C16H21N3O2/c1-3-18-14(16(20)21)5-12-9-19(2)15-6-11-8-17-7-10(11)4-13(12)15/h4,6,9,14,17-18H,3,5,7-8H2,1-2H3,(H,20,21). The van der Waals surface area contributed by atoms with E-state index in [1.165, 1.54) is 22.0 Å². The number of nitrogens with zero attached hydrogens (tertiary/aromatic N) is 1. The average molecular weight is 287 g/mol. The number of carbonyl (C=O) groups is 1. The number of likely N-dealkylation sites (N-methyl/N-ethyl adjacent to an activating group) is 1. The summed E-state index contributed by atoms with van der Waals surface area (Å²) in [7, 11) is 2.02. The molecule has 3 N–H and O–H groups in total. The van der Waals surface area contributed by atoms with E-state index in [4.69, 9.17) is 0 Å². The van der Waals surface area contributed by atoms with Gasteiger partial charge < -0.3 is 20.3 Å². The fraction of sp³-hybridized carbons (Fsp3) is 0.438. The third kappa shape index (κ3) is 2.54. The Morgan fingerprint density at radius 1 is 1.43 bits per heavy atom. The van der Waals surface area contributed by atoms with E-state index < -0.39 is 12.0 Å². The molecule has 1 aromatic heterocycles. The first-order valence-electron chi connectivity index (χ1n) is 7.36. The van der Waals surface area contributed by atoms with Crippen LogP contribution in [-0.2, 0) is 31.4 Å². The summed E-state index contributed by atoms with van der Waals surface area (Å²) in [6.45, 7) is 4.40. The second-order valence-electron chi connectivity index (χ2n) is 5.66. The maximum absolute atomic E-state index is 11.3. The Morgan fingerprint density at radius 2 is 2.14 bits per heavy atom. The first-order valence-corrected chi connectivity index (χ1v) is 7.36. The highest BCUT2D eigenvalue weighted by molar-refractivity contribution is 5.86. The van der Waals surface area contributed by atoms with Gasteiger partial charge in [-0.15, -0.1) is 0 Å². The van der Waals surface area contributed by atoms with Crippen LogP contribution >= 0.6 is 0 Å². The molecular formula is C16H21N3O2. The number of carboxylic acid groups (broad SMARTS) is 1. The van der Waals surface area contributed by atoms with Crippen molar-refractivity contribution in [2.45, 2.75) is 32.5 Å². The summed E-state index contributed by atoms with van der Waals surface area (Å²) in [4.78, 5) is 11.3. The van der Waals surface area contributed by atoms with Gasteiger partial charge in [-0.1, -0.05) is 6.92 Å². The smallest absolute Gasteiger partial charge is 0.321 e. The minimum Gasteiger partial charge on any atom is -0.480 e. The molecule has 1 atom stereocenters. The van der Waals surface area contributed by atoms with E-state index >= 15 is 0 Å². The van der Waals surface area contributed by atoms with Gasteiger partial charge in [0.05, 0.1) is 0 Å². The molecule has 0 fully saturated rings. The van der Waals surface area contributed by atoms with Gasteiger partial charge in [-0.05, 0) is 35.4 Å². The second kappa shape index (κ2) is 5.50. The zero-order valence-electron chi connectivity index (χ0n) is 12.4. The van der Waals surface area contributed by atoms with E-state index in [0.717, 1.165) is 18.7 Å². The molecule has 0 saturated heterocycles. The molecule has 2 heterocycles. The van der Waals surface area contributed by atoms with Crippen molar-refractivity contribution in [3.63, 3.8) is 0 Å². The summed E-state index contributed by atoms with van der Waals surface area (Å²) < 4.78 is 2.09. The van der Waals surface area contributed by atoms with Crippen LogP contribution in [0.15, 0.2) is 18.3 Å². The van der Waals surface area contributed by atoms with Gasteiger partial charge in [0.1, 0.15) is 6.04 Å². The normalized spacial score (nSPS) is 15.3. The second-order valence-corrected chi connectivity index (χ2v) is 5.66. The van der Waals surface area contributed by atoms with Gasteiger partial charge in [-0.3, -0.25) is 4.79 Å². The lowest BCUT2D eigenvalue weighted by molar-refractivity contribution is -0.139. The summed E-state index contributed by atoms with van der Waals surface area (Å²) in [6.07, 6.45) is 2.56. The number of hydrogen-bond acceptors (Lipinski definition) is 3. The van der Waals surface area contributed by atoms with E-state index in [-0.39, 0.29) is 0 Å². The Morgan fingerprint density at radius 3 is 2.81 bits per heavy atom. The number of aliphatic carboxylic acids is 1. The molecule has 21 heavy (non-hydrogen) atoms. The van der Waals surface area contributed by atoms with Crippen LogP contribution in [0.3, 0.4) is 0 Å². The highest BCUT2D eigenvalue weighted by Crippen LogP contribution is 2.28. The summed E-state index contributed by atoms with van der Waals surface area (Å²) in [5.74, 6) is -0.795. The third-order valence-corrected chi connectivity index (χ3v) is 4.20. The monoisotopic (exact) mass is 287 g/mol. The lowest BCUT2D eigenvalue weighted by Crippen LogP contribution is -2.38. The number of rotatable bonds is 5. The fourth-order valence-corrected chi connectivity index (χ4v) is 3.13. The van der Waals surface area contributed by atoms with Crippen LogP contribution < -0.4 is 10.6 Å². The summed E-state index contributed by atoms with van der Waals surface area (Å²) in [5, 5.41) is 16.9. The van der Waals surface area contributed by atoms with Crippen LogP contribution in [0.1, 0.15) is 23.6 Å². The molecule has 3 rings (SSSR count). The summed E-state index contributed by atoms with van der Waals surface area (Å²) in [6, 6.07) is 3.90. The Bertz CT molecular complexity index is 690. The SMILES string of the molecule is CCNC(Cc1cn(C)c2cc3c(cc12)CNC3)C(=O)O. The van der Waals surface area contributed by atoms with Gasteiger partial charge in [-0.25, -0.2) is 0 Å². The predicted octanol–water partition coefficient (Wildman–Crippen LogP) is 1.39. The number of hydrogen-bond donors (Lipinski definition) is 3. The zero-order chi connectivity index (χ0) is 15.0. The first kappa shape index (κ1) is 14.1. The number of carboxylic acids is 1. The van der Waals surface area contributed by atoms with Crippen molar-refractivity contribution in [1.29, 1.82) is 0 Å². The van der Waals surface area contributed by atoms with E-state index in [1.807, 2.05) is 14.0 Å². The minimum absolute atomic E-state index is 0.507. The topological polar surface area (TPSA) is 66.3 Å². The fourth-order valence-electron chi connectivity index (χ4n) is 3.13. The van der Waals surface area contributed by atoms with Crippen LogP contribution in [0.2, 0.25) is 0 Å². The van der Waals surface area contributed by atoms with E-state index in [1.54, 1.807) is 0 Å². The van der Waals surface area contributed by atoms with Crippen molar-refractivity contribution in [3.05, 3.63) is 35.0 Å². The Labute approximate surface area is 124 Å². The molecule has 0 bridgehead atoms. The molecule has 1 aliphatic heterocycles. The van der Waals surface area contributed by atoms with Crippen LogP contribution in [0.5, 0.6) is 0 Å². The molecule has 1 unspecified atom stereocenters. The number of nitrogens with one attached hydrogen (secondary N) is 2. The van der Waals surface area contributed by atoms with Gasteiger partial charge in [0.15, 0.2) is 0 Å².